The first-order valence-corrected chi connectivity index (χ1v) is 8.37. The van der Waals surface area contributed by atoms with E-state index >= 15 is 0 Å². The number of aliphatic hydroxyl groups excluding tert-OH is 1. The molecule has 144 valence electrons. The monoisotopic (exact) mass is 367 g/mol. The summed E-state index contributed by atoms with van der Waals surface area (Å²) in [7, 11) is 1.30. The Kier molecular flexibility index (Phi) is 10.6. The highest BCUT2D eigenvalue weighted by Gasteiger charge is 2.33. The minimum atomic E-state index is -0.956. The fraction of sp³-hybridized carbons (Fsp3) is 0.611. The van der Waals surface area contributed by atoms with Gasteiger partial charge in [0, 0.05) is 25.3 Å². The van der Waals surface area contributed by atoms with E-state index < -0.39 is 29.0 Å². The largest absolute Gasteiger partial charge is 0.505 e. The van der Waals surface area contributed by atoms with E-state index in [2.05, 4.69) is 9.71 Å². The lowest BCUT2D eigenvalue weighted by atomic mass is 10.1. The Morgan fingerprint density at radius 1 is 1.12 bits per heavy atom. The molecule has 0 unspecified atom stereocenters. The molecule has 0 aliphatic rings. The third-order valence-corrected chi connectivity index (χ3v) is 3.14. The fourth-order valence-electron chi connectivity index (χ4n) is 1.88. The van der Waals surface area contributed by atoms with Crippen LogP contribution in [0.4, 0.5) is 0 Å². The van der Waals surface area contributed by atoms with E-state index in [1.807, 2.05) is 0 Å². The summed E-state index contributed by atoms with van der Waals surface area (Å²) in [5.74, 6) is -1.95. The summed E-state index contributed by atoms with van der Waals surface area (Å²) in [6, 6.07) is 0. The lowest BCUT2D eigenvalue weighted by Crippen LogP contribution is -2.24. The lowest BCUT2D eigenvalue weighted by Gasteiger charge is -2.16. The number of carbonyl (C=O) groups is 3. The van der Waals surface area contributed by atoms with Crippen molar-refractivity contribution < 1.29 is 29.0 Å². The molecule has 0 fully saturated rings. The molecule has 0 aromatic heterocycles. The van der Waals surface area contributed by atoms with Gasteiger partial charge in [-0.3, -0.25) is 4.79 Å². The van der Waals surface area contributed by atoms with Gasteiger partial charge in [-0.15, -0.1) is 0 Å². The highest BCUT2D eigenvalue weighted by atomic mass is 16.6. The normalized spacial score (nSPS) is 12.3. The number of diazo groups is 1. The molecule has 0 heterocycles. The number of methoxy groups -OCH3 is 1. The van der Waals surface area contributed by atoms with Crippen molar-refractivity contribution in [3.63, 3.8) is 0 Å². The standard InChI is InChI=1S/C18H26N2O6/c1-18(2,3)26-17(24)16(20-19)14(22)12-11-13(21)9-7-5-6-8-10-15(23)25-4/h8,10H,5-7,9,11-12H2,1-4H3/p+1/b10-8+. The third kappa shape index (κ3) is 11.0. The van der Waals surface area contributed by atoms with Gasteiger partial charge in [0.05, 0.1) is 7.11 Å². The molecule has 0 saturated heterocycles. The molecule has 0 saturated carbocycles. The van der Waals surface area contributed by atoms with Crippen LogP contribution < -0.4 is 0 Å². The summed E-state index contributed by atoms with van der Waals surface area (Å²) < 4.78 is 9.47. The number of Topliss-reactive ketones (excluding diaryl/α,β-unsaturated/α-hetero) is 1. The Morgan fingerprint density at radius 2 is 1.77 bits per heavy atom. The first kappa shape index (κ1) is 23.3. The van der Waals surface area contributed by atoms with Crippen LogP contribution in [0.3, 0.4) is 0 Å². The van der Waals surface area contributed by atoms with Crippen molar-refractivity contribution in [1.82, 2.24) is 0 Å². The van der Waals surface area contributed by atoms with Crippen LogP contribution in [0.5, 0.6) is 0 Å². The molecule has 0 atom stereocenters. The topological polar surface area (TPSA) is 118 Å². The smallest absolute Gasteiger partial charge is 0.505 e. The van der Waals surface area contributed by atoms with E-state index in [9.17, 15) is 19.5 Å². The van der Waals surface area contributed by atoms with Gasteiger partial charge in [-0.25, -0.2) is 9.59 Å². The lowest BCUT2D eigenvalue weighted by molar-refractivity contribution is -0.149. The zero-order chi connectivity index (χ0) is 20.2. The van der Waals surface area contributed by atoms with Gasteiger partial charge in [0.25, 0.3) is 0 Å². The summed E-state index contributed by atoms with van der Waals surface area (Å²) in [6.07, 6.45) is 5.26. The Balaban J connectivity index is 4.31. The number of ether oxygens (including phenoxy) is 2. The highest BCUT2D eigenvalue weighted by molar-refractivity contribution is 5.91. The Bertz CT molecular complexity index is 608. The van der Waals surface area contributed by atoms with Gasteiger partial charge in [-0.2, -0.15) is 0 Å². The fourth-order valence-corrected chi connectivity index (χ4v) is 1.88. The maximum absolute atomic E-state index is 11.8. The van der Waals surface area contributed by atoms with Crippen molar-refractivity contribution in [2.24, 2.45) is 0 Å². The molecule has 0 bridgehead atoms. The molecule has 0 radical (unpaired) electrons. The molecule has 0 aromatic rings. The third-order valence-electron chi connectivity index (χ3n) is 3.14. The number of allylic oxidation sites excluding steroid dienone is 2. The molecular formula is C18H27N2O6+. The number of hydrogen-bond acceptors (Lipinski definition) is 7. The van der Waals surface area contributed by atoms with Gasteiger partial charge >= 0.3 is 17.6 Å². The average molecular weight is 367 g/mol. The van der Waals surface area contributed by atoms with Crippen molar-refractivity contribution in [3.8, 4) is 0 Å². The van der Waals surface area contributed by atoms with Gasteiger partial charge in [-0.05, 0) is 40.0 Å². The minimum Gasteiger partial charge on any atom is -0.505 e. The van der Waals surface area contributed by atoms with Crippen LogP contribution in [0, 0.1) is 5.39 Å². The SMILES string of the molecule is COC(=O)/C=C/CCCCC(=O)CC/C(O)=C(\[N+]#N)C(=O)OC(C)(C)C. The van der Waals surface area contributed by atoms with Crippen LogP contribution in [-0.2, 0) is 23.9 Å². The van der Waals surface area contributed by atoms with E-state index in [1.165, 1.54) is 13.2 Å². The molecule has 0 amide bonds. The molecule has 8 heteroatoms. The second-order valence-electron chi connectivity index (χ2n) is 6.61. The van der Waals surface area contributed by atoms with Crippen molar-refractivity contribution >= 4 is 17.7 Å². The molecule has 0 spiro atoms. The number of carbonyl (C=O) groups excluding carboxylic acids is 3. The predicted molar refractivity (Wildman–Crippen MR) is 94.4 cm³/mol. The van der Waals surface area contributed by atoms with E-state index in [1.54, 1.807) is 26.8 Å². The number of esters is 2. The first-order chi connectivity index (χ1) is 12.1. The van der Waals surface area contributed by atoms with Crippen LogP contribution in [0.25, 0.3) is 4.98 Å². The van der Waals surface area contributed by atoms with E-state index in [-0.39, 0.29) is 18.6 Å². The number of nitrogens with zero attached hydrogens (tertiary/aromatic N) is 2. The second-order valence-corrected chi connectivity index (χ2v) is 6.61. The molecule has 1 N–H and O–H groups in total. The van der Waals surface area contributed by atoms with Gasteiger partial charge < -0.3 is 14.6 Å². The van der Waals surface area contributed by atoms with Crippen LogP contribution in [0.15, 0.2) is 23.6 Å². The van der Waals surface area contributed by atoms with Crippen LogP contribution >= 0.6 is 0 Å². The van der Waals surface area contributed by atoms with E-state index in [0.717, 1.165) is 6.42 Å². The molecule has 0 rings (SSSR count). The number of unbranched alkanes of at least 4 members (excludes halogenated alkanes) is 2. The Labute approximate surface area is 153 Å². The zero-order valence-corrected chi connectivity index (χ0v) is 15.8. The number of aliphatic hydroxyl groups is 1. The minimum absolute atomic E-state index is 0.0195. The Morgan fingerprint density at radius 3 is 2.31 bits per heavy atom. The molecule has 26 heavy (non-hydrogen) atoms. The van der Waals surface area contributed by atoms with Gasteiger partial charge in [0.15, 0.2) is 10.7 Å². The van der Waals surface area contributed by atoms with Crippen LogP contribution in [-0.4, -0.2) is 35.5 Å². The number of ketones is 1. The molecule has 0 aliphatic carbocycles. The summed E-state index contributed by atoms with van der Waals surface area (Å²) in [4.78, 5) is 37.2. The summed E-state index contributed by atoms with van der Waals surface area (Å²) in [5.41, 5.74) is -1.40. The predicted octanol–water partition coefficient (Wildman–Crippen LogP) is 3.59. The van der Waals surface area contributed by atoms with Gasteiger partial charge in [0.1, 0.15) is 11.4 Å². The quantitative estimate of drug-likeness (QED) is 0.206. The van der Waals surface area contributed by atoms with Gasteiger partial charge in [-0.1, -0.05) is 6.08 Å². The number of rotatable bonds is 10. The maximum Gasteiger partial charge on any atom is 0.505 e. The second kappa shape index (κ2) is 11.8. The van der Waals surface area contributed by atoms with Crippen LogP contribution in [0.2, 0.25) is 0 Å². The first-order valence-electron chi connectivity index (χ1n) is 8.37. The van der Waals surface area contributed by atoms with Crippen molar-refractivity contribution in [1.29, 1.82) is 5.39 Å². The Hall–Kier alpha value is -2.69. The maximum atomic E-state index is 11.8. The van der Waals surface area contributed by atoms with E-state index in [0.29, 0.717) is 19.3 Å². The molecular weight excluding hydrogens is 340 g/mol. The van der Waals surface area contributed by atoms with Crippen molar-refractivity contribution in [2.75, 3.05) is 7.11 Å². The zero-order valence-electron chi connectivity index (χ0n) is 15.8. The summed E-state index contributed by atoms with van der Waals surface area (Å²) in [5, 5.41) is 18.8. The highest BCUT2D eigenvalue weighted by Crippen LogP contribution is 2.17. The van der Waals surface area contributed by atoms with E-state index in [4.69, 9.17) is 10.1 Å². The number of hydrogen-bond donors (Lipinski definition) is 1. The average Bonchev–Trinajstić information content (AvgIpc) is 2.54. The summed E-state index contributed by atoms with van der Waals surface area (Å²) >= 11 is 0. The molecule has 0 aliphatic heterocycles. The van der Waals surface area contributed by atoms with Crippen molar-refractivity contribution in [3.05, 3.63) is 28.6 Å². The molecule has 0 aromatic carbocycles. The molecule has 8 nitrogen and oxygen atoms in total. The van der Waals surface area contributed by atoms with Gasteiger partial charge in [0.2, 0.25) is 5.39 Å². The summed E-state index contributed by atoms with van der Waals surface area (Å²) in [6.45, 7) is 4.92. The van der Waals surface area contributed by atoms with Crippen LogP contribution in [0.1, 0.15) is 59.3 Å². The van der Waals surface area contributed by atoms with Crippen molar-refractivity contribution in [2.45, 2.75) is 64.9 Å².